The third kappa shape index (κ3) is 3.16. The number of likely N-dealkylation sites (tertiary alicyclic amines) is 2. The lowest BCUT2D eigenvalue weighted by molar-refractivity contribution is 0.0658. The molecule has 2 aromatic rings. The summed E-state index contributed by atoms with van der Waals surface area (Å²) >= 11 is 0. The smallest absolute Gasteiger partial charge is 0.276 e. The summed E-state index contributed by atoms with van der Waals surface area (Å²) in [4.78, 5) is 17.8. The Bertz CT molecular complexity index is 754. The van der Waals surface area contributed by atoms with Gasteiger partial charge in [0.15, 0.2) is 5.69 Å². The number of aromatic nitrogens is 3. The molecule has 0 radical (unpaired) electrons. The van der Waals surface area contributed by atoms with Gasteiger partial charge in [-0.2, -0.15) is 5.10 Å². The number of fused-ring (bicyclic) bond motifs is 1. The first kappa shape index (κ1) is 17.3. The molecule has 2 fully saturated rings. The normalized spacial score (nSPS) is 24.3. The van der Waals surface area contributed by atoms with Crippen LogP contribution in [-0.4, -0.2) is 62.9 Å². The molecule has 2 aromatic heterocycles. The Labute approximate surface area is 153 Å². The molecule has 1 amide bonds. The van der Waals surface area contributed by atoms with E-state index in [-0.39, 0.29) is 11.9 Å². The molecular formula is C19H27N5O2. The van der Waals surface area contributed by atoms with E-state index < -0.39 is 0 Å². The fourth-order valence-electron chi connectivity index (χ4n) is 4.45. The van der Waals surface area contributed by atoms with Crippen LogP contribution in [0.1, 0.15) is 53.9 Å². The minimum Gasteiger partial charge on any atom is -0.361 e. The predicted octanol–water partition coefficient (Wildman–Crippen LogP) is 2.32. The fraction of sp³-hybridized carbons (Fsp3) is 0.632. The van der Waals surface area contributed by atoms with E-state index in [2.05, 4.69) is 22.2 Å². The van der Waals surface area contributed by atoms with Crippen molar-refractivity contribution in [1.82, 2.24) is 24.7 Å². The Morgan fingerprint density at radius 2 is 2.12 bits per heavy atom. The number of carbonyl (C=O) groups excluding carboxylic acids is 1. The van der Waals surface area contributed by atoms with E-state index >= 15 is 0 Å². The van der Waals surface area contributed by atoms with E-state index in [9.17, 15) is 4.79 Å². The Morgan fingerprint density at radius 1 is 1.23 bits per heavy atom. The van der Waals surface area contributed by atoms with Crippen LogP contribution in [0.5, 0.6) is 0 Å². The molecule has 140 valence electrons. The quantitative estimate of drug-likeness (QED) is 0.843. The van der Waals surface area contributed by atoms with E-state index in [4.69, 9.17) is 4.52 Å². The average molecular weight is 357 g/mol. The highest BCUT2D eigenvalue weighted by Crippen LogP contribution is 2.30. The van der Waals surface area contributed by atoms with Crippen molar-refractivity contribution in [3.05, 3.63) is 35.5 Å². The first-order valence-electron chi connectivity index (χ1n) is 9.59. The van der Waals surface area contributed by atoms with Crippen LogP contribution >= 0.6 is 0 Å². The van der Waals surface area contributed by atoms with Crippen molar-refractivity contribution >= 4 is 5.91 Å². The van der Waals surface area contributed by atoms with Crippen LogP contribution < -0.4 is 0 Å². The molecular weight excluding hydrogens is 330 g/mol. The predicted molar refractivity (Wildman–Crippen MR) is 96.9 cm³/mol. The molecule has 2 aliphatic heterocycles. The summed E-state index contributed by atoms with van der Waals surface area (Å²) in [5.74, 6) is 0.694. The van der Waals surface area contributed by atoms with Crippen molar-refractivity contribution in [2.24, 2.45) is 0 Å². The van der Waals surface area contributed by atoms with Crippen LogP contribution in [0.15, 0.2) is 23.0 Å². The molecule has 4 heterocycles. The highest BCUT2D eigenvalue weighted by molar-refractivity contribution is 5.94. The van der Waals surface area contributed by atoms with Crippen molar-refractivity contribution in [3.63, 3.8) is 0 Å². The molecule has 2 saturated heterocycles. The summed E-state index contributed by atoms with van der Waals surface area (Å²) in [6.07, 6.45) is 9.42. The molecule has 26 heavy (non-hydrogen) atoms. The lowest BCUT2D eigenvalue weighted by Gasteiger charge is -2.35. The summed E-state index contributed by atoms with van der Waals surface area (Å²) in [5.41, 5.74) is 1.28. The molecule has 0 aliphatic carbocycles. The molecule has 2 atom stereocenters. The molecule has 0 N–H and O–H groups in total. The van der Waals surface area contributed by atoms with Gasteiger partial charge in [0.05, 0.1) is 6.54 Å². The van der Waals surface area contributed by atoms with E-state index in [1.807, 2.05) is 24.1 Å². The first-order valence-corrected chi connectivity index (χ1v) is 9.59. The molecule has 0 aromatic carbocycles. The zero-order chi connectivity index (χ0) is 18.1. The summed E-state index contributed by atoms with van der Waals surface area (Å²) in [7, 11) is 2.19. The number of hydrogen-bond donors (Lipinski definition) is 0. The Balaban J connectivity index is 1.58. The second-order valence-electron chi connectivity index (χ2n) is 7.52. The number of likely N-dealkylation sites (N-methyl/N-ethyl adjacent to an activating group) is 1. The Hall–Kier alpha value is -2.15. The number of aryl methyl sites for hydroxylation is 1. The topological polar surface area (TPSA) is 67.4 Å². The number of amides is 1. The molecule has 0 spiro atoms. The maximum absolute atomic E-state index is 13.3. The minimum atomic E-state index is 0.00507. The van der Waals surface area contributed by atoms with Crippen molar-refractivity contribution in [2.75, 3.05) is 20.1 Å². The van der Waals surface area contributed by atoms with Gasteiger partial charge in [-0.3, -0.25) is 9.48 Å². The summed E-state index contributed by atoms with van der Waals surface area (Å²) in [6, 6.07) is 2.61. The fourth-order valence-corrected chi connectivity index (χ4v) is 4.45. The van der Waals surface area contributed by atoms with Gasteiger partial charge in [0, 0.05) is 36.6 Å². The minimum absolute atomic E-state index is 0.00507. The standard InChI is InChI=1S/C19H27N5O2/c1-14-15(13-23-11-6-9-20-23)18(21-26-14)19(25)24-12-8-16-17(24)7-4-3-5-10-22(16)2/h6,9,11,16-17H,3-5,7-8,10,12-13H2,1-2H3/t16-,17+/m0/s1. The highest BCUT2D eigenvalue weighted by Gasteiger charge is 2.41. The molecule has 0 bridgehead atoms. The maximum atomic E-state index is 13.3. The second-order valence-corrected chi connectivity index (χ2v) is 7.52. The van der Waals surface area contributed by atoms with Crippen LogP contribution in [0.4, 0.5) is 0 Å². The number of nitrogens with zero attached hydrogens (tertiary/aromatic N) is 5. The molecule has 4 rings (SSSR count). The van der Waals surface area contributed by atoms with Gasteiger partial charge in [-0.25, -0.2) is 0 Å². The van der Waals surface area contributed by atoms with Gasteiger partial charge in [-0.1, -0.05) is 18.0 Å². The SMILES string of the molecule is Cc1onc(C(=O)N2CC[C@H]3[C@H]2CCCCCN3C)c1Cn1cccn1. The van der Waals surface area contributed by atoms with E-state index in [0.29, 0.717) is 24.0 Å². The van der Waals surface area contributed by atoms with Gasteiger partial charge in [-0.15, -0.1) is 0 Å². The van der Waals surface area contributed by atoms with Crippen LogP contribution in [0.25, 0.3) is 0 Å². The van der Waals surface area contributed by atoms with E-state index in [1.165, 1.54) is 19.3 Å². The van der Waals surface area contributed by atoms with Gasteiger partial charge in [0.1, 0.15) is 5.76 Å². The monoisotopic (exact) mass is 357 g/mol. The van der Waals surface area contributed by atoms with E-state index in [1.54, 1.807) is 10.9 Å². The lowest BCUT2D eigenvalue weighted by atomic mass is 9.97. The number of carbonyl (C=O) groups is 1. The van der Waals surface area contributed by atoms with Crippen LogP contribution in [-0.2, 0) is 6.54 Å². The highest BCUT2D eigenvalue weighted by atomic mass is 16.5. The Morgan fingerprint density at radius 3 is 2.92 bits per heavy atom. The summed E-state index contributed by atoms with van der Waals surface area (Å²) in [6.45, 7) is 4.28. The third-order valence-corrected chi connectivity index (χ3v) is 5.91. The van der Waals surface area contributed by atoms with E-state index in [0.717, 1.165) is 31.5 Å². The van der Waals surface area contributed by atoms with Gasteiger partial charge in [0.25, 0.3) is 5.91 Å². The average Bonchev–Trinajstić information content (AvgIpc) is 3.34. The van der Waals surface area contributed by atoms with Crippen molar-refractivity contribution in [1.29, 1.82) is 0 Å². The zero-order valence-corrected chi connectivity index (χ0v) is 15.6. The van der Waals surface area contributed by atoms with Crippen molar-refractivity contribution in [3.8, 4) is 0 Å². The van der Waals surface area contributed by atoms with Crippen molar-refractivity contribution in [2.45, 2.75) is 57.7 Å². The second kappa shape index (κ2) is 7.23. The maximum Gasteiger partial charge on any atom is 0.276 e. The largest absolute Gasteiger partial charge is 0.361 e. The van der Waals surface area contributed by atoms with Gasteiger partial charge < -0.3 is 14.3 Å². The van der Waals surface area contributed by atoms with Gasteiger partial charge in [-0.05, 0) is 45.8 Å². The summed E-state index contributed by atoms with van der Waals surface area (Å²) < 4.78 is 7.18. The molecule has 2 aliphatic rings. The van der Waals surface area contributed by atoms with Crippen LogP contribution in [0.3, 0.4) is 0 Å². The molecule has 0 unspecified atom stereocenters. The van der Waals surface area contributed by atoms with Gasteiger partial charge >= 0.3 is 0 Å². The first-order chi connectivity index (χ1) is 12.6. The van der Waals surface area contributed by atoms with Crippen LogP contribution in [0.2, 0.25) is 0 Å². The number of rotatable bonds is 3. The lowest BCUT2D eigenvalue weighted by Crippen LogP contribution is -2.46. The summed E-state index contributed by atoms with van der Waals surface area (Å²) in [5, 5.41) is 8.36. The van der Waals surface area contributed by atoms with Gasteiger partial charge in [0.2, 0.25) is 0 Å². The molecule has 7 heteroatoms. The number of hydrogen-bond acceptors (Lipinski definition) is 5. The van der Waals surface area contributed by atoms with Crippen molar-refractivity contribution < 1.29 is 9.32 Å². The van der Waals surface area contributed by atoms with Crippen LogP contribution in [0, 0.1) is 6.92 Å². The zero-order valence-electron chi connectivity index (χ0n) is 15.6. The molecule has 7 nitrogen and oxygen atoms in total. The molecule has 0 saturated carbocycles. The third-order valence-electron chi connectivity index (χ3n) is 5.91. The Kier molecular flexibility index (Phi) is 4.80.